The van der Waals surface area contributed by atoms with E-state index in [1.807, 2.05) is 11.6 Å². The number of rotatable bonds is 6. The molecular formula is C19H20Cl2N4O3S. The van der Waals surface area contributed by atoms with Crippen molar-refractivity contribution in [2.24, 2.45) is 7.05 Å². The highest BCUT2D eigenvalue weighted by Gasteiger charge is 2.19. The predicted molar refractivity (Wildman–Crippen MR) is 115 cm³/mol. The number of sulfonamides is 1. The quantitative estimate of drug-likeness (QED) is 0.615. The Morgan fingerprint density at radius 1 is 1.14 bits per heavy atom. The van der Waals surface area contributed by atoms with Gasteiger partial charge in [-0.05, 0) is 36.4 Å². The summed E-state index contributed by atoms with van der Waals surface area (Å²) < 4.78 is 27.7. The highest BCUT2D eigenvalue weighted by atomic mass is 35.5. The van der Waals surface area contributed by atoms with E-state index in [2.05, 4.69) is 10.3 Å². The van der Waals surface area contributed by atoms with E-state index in [1.54, 1.807) is 36.4 Å². The minimum Gasteiger partial charge on any atom is -0.331 e. The SMILES string of the molecule is CN(C)S(=O)(=O)c1ccc2c(c1)nc(CCC(=O)Nc1ccc(Cl)c(Cl)c1)n2C. The summed E-state index contributed by atoms with van der Waals surface area (Å²) >= 11 is 11.8. The second kappa shape index (κ2) is 8.31. The van der Waals surface area contributed by atoms with Crippen LogP contribution in [0.4, 0.5) is 5.69 Å². The highest BCUT2D eigenvalue weighted by molar-refractivity contribution is 7.89. The lowest BCUT2D eigenvalue weighted by molar-refractivity contribution is -0.116. The molecule has 0 fully saturated rings. The van der Waals surface area contributed by atoms with E-state index in [4.69, 9.17) is 23.2 Å². The Kier molecular flexibility index (Phi) is 6.19. The molecule has 2 aromatic carbocycles. The van der Waals surface area contributed by atoms with Gasteiger partial charge in [-0.2, -0.15) is 0 Å². The summed E-state index contributed by atoms with van der Waals surface area (Å²) in [5.41, 5.74) is 1.92. The zero-order valence-corrected chi connectivity index (χ0v) is 18.4. The molecule has 0 aliphatic carbocycles. The Morgan fingerprint density at radius 2 is 1.86 bits per heavy atom. The van der Waals surface area contributed by atoms with E-state index in [0.717, 1.165) is 9.82 Å². The van der Waals surface area contributed by atoms with Crippen molar-refractivity contribution in [3.8, 4) is 0 Å². The van der Waals surface area contributed by atoms with Gasteiger partial charge in [-0.15, -0.1) is 0 Å². The first-order valence-electron chi connectivity index (χ1n) is 8.72. The third-order valence-electron chi connectivity index (χ3n) is 4.50. The maximum atomic E-state index is 12.3. The first-order chi connectivity index (χ1) is 13.6. The Balaban J connectivity index is 1.75. The van der Waals surface area contributed by atoms with Crippen LogP contribution in [0.5, 0.6) is 0 Å². The van der Waals surface area contributed by atoms with E-state index in [9.17, 15) is 13.2 Å². The van der Waals surface area contributed by atoms with Gasteiger partial charge < -0.3 is 9.88 Å². The lowest BCUT2D eigenvalue weighted by atomic mass is 10.2. The molecule has 0 aliphatic heterocycles. The number of anilines is 1. The molecule has 10 heteroatoms. The molecule has 0 bridgehead atoms. The summed E-state index contributed by atoms with van der Waals surface area (Å²) in [6.45, 7) is 0. The van der Waals surface area contributed by atoms with E-state index < -0.39 is 10.0 Å². The summed E-state index contributed by atoms with van der Waals surface area (Å²) in [4.78, 5) is 16.9. The molecule has 0 atom stereocenters. The van der Waals surface area contributed by atoms with Crippen LogP contribution < -0.4 is 5.32 Å². The number of nitrogens with zero attached hydrogens (tertiary/aromatic N) is 3. The molecule has 154 valence electrons. The zero-order valence-electron chi connectivity index (χ0n) is 16.1. The number of amides is 1. The molecule has 1 amide bonds. The van der Waals surface area contributed by atoms with Gasteiger partial charge in [-0.1, -0.05) is 23.2 Å². The van der Waals surface area contributed by atoms with Crippen molar-refractivity contribution in [1.29, 1.82) is 0 Å². The lowest BCUT2D eigenvalue weighted by Gasteiger charge is -2.10. The van der Waals surface area contributed by atoms with Gasteiger partial charge >= 0.3 is 0 Å². The molecule has 29 heavy (non-hydrogen) atoms. The van der Waals surface area contributed by atoms with E-state index >= 15 is 0 Å². The standard InChI is InChI=1S/C19H20Cl2N4O3S/c1-24(2)29(27,28)13-5-7-17-16(11-13)23-18(25(17)3)8-9-19(26)22-12-4-6-14(20)15(21)10-12/h4-7,10-11H,8-9H2,1-3H3,(H,22,26). The highest BCUT2D eigenvalue weighted by Crippen LogP contribution is 2.25. The summed E-state index contributed by atoms with van der Waals surface area (Å²) in [5.74, 6) is 0.495. The van der Waals surface area contributed by atoms with Crippen molar-refractivity contribution >= 4 is 55.9 Å². The predicted octanol–water partition coefficient (Wildman–Crippen LogP) is 3.70. The summed E-state index contributed by atoms with van der Waals surface area (Å²) in [6, 6.07) is 9.70. The largest absolute Gasteiger partial charge is 0.331 e. The number of imidazole rings is 1. The monoisotopic (exact) mass is 454 g/mol. The van der Waals surface area contributed by atoms with Gasteiger partial charge in [-0.3, -0.25) is 4.79 Å². The fraction of sp³-hybridized carbons (Fsp3) is 0.263. The average molecular weight is 455 g/mol. The number of hydrogen-bond acceptors (Lipinski definition) is 4. The Bertz CT molecular complexity index is 1190. The number of carbonyl (C=O) groups excluding carboxylic acids is 1. The summed E-state index contributed by atoms with van der Waals surface area (Å²) in [6.07, 6.45) is 0.606. The number of benzene rings is 2. The van der Waals surface area contributed by atoms with Crippen molar-refractivity contribution in [1.82, 2.24) is 13.9 Å². The fourth-order valence-electron chi connectivity index (χ4n) is 2.85. The number of carbonyl (C=O) groups is 1. The normalized spacial score (nSPS) is 11.9. The summed E-state index contributed by atoms with van der Waals surface area (Å²) in [7, 11) is 1.26. The van der Waals surface area contributed by atoms with Gasteiger partial charge in [0.25, 0.3) is 0 Å². The molecule has 7 nitrogen and oxygen atoms in total. The molecule has 0 aliphatic rings. The number of hydrogen-bond donors (Lipinski definition) is 1. The molecule has 0 saturated heterocycles. The Hall–Kier alpha value is -2.13. The van der Waals surface area contributed by atoms with Gasteiger partial charge in [0.15, 0.2) is 0 Å². The van der Waals surface area contributed by atoms with Gasteiger partial charge in [0.1, 0.15) is 5.82 Å². The van der Waals surface area contributed by atoms with Crippen LogP contribution in [0.25, 0.3) is 11.0 Å². The van der Waals surface area contributed by atoms with Gasteiger partial charge in [0.05, 0.1) is 26.0 Å². The summed E-state index contributed by atoms with van der Waals surface area (Å²) in [5, 5.41) is 3.55. The molecule has 1 aromatic heterocycles. The molecule has 3 rings (SSSR count). The first kappa shape index (κ1) is 21.6. The van der Waals surface area contributed by atoms with Crippen molar-refractivity contribution in [3.05, 3.63) is 52.3 Å². The Labute approximate surface area is 179 Å². The average Bonchev–Trinajstić information content (AvgIpc) is 2.98. The molecule has 0 spiro atoms. The minimum absolute atomic E-state index is 0.178. The third-order valence-corrected chi connectivity index (χ3v) is 7.05. The molecule has 0 unspecified atom stereocenters. The van der Waals surface area contributed by atoms with Gasteiger partial charge in [-0.25, -0.2) is 17.7 Å². The van der Waals surface area contributed by atoms with Crippen LogP contribution in [0.15, 0.2) is 41.3 Å². The van der Waals surface area contributed by atoms with E-state index in [-0.39, 0.29) is 17.2 Å². The maximum absolute atomic E-state index is 12.3. The number of halogens is 2. The van der Waals surface area contributed by atoms with Gasteiger partial charge in [0, 0.05) is 39.7 Å². The van der Waals surface area contributed by atoms with Crippen LogP contribution in [0.2, 0.25) is 10.0 Å². The number of aryl methyl sites for hydroxylation is 2. The topological polar surface area (TPSA) is 84.3 Å². The van der Waals surface area contributed by atoms with Crippen molar-refractivity contribution in [2.45, 2.75) is 17.7 Å². The molecule has 1 N–H and O–H groups in total. The number of aromatic nitrogens is 2. The third kappa shape index (κ3) is 4.56. The second-order valence-electron chi connectivity index (χ2n) is 6.70. The lowest BCUT2D eigenvalue weighted by Crippen LogP contribution is -2.22. The van der Waals surface area contributed by atoms with E-state index in [1.165, 1.54) is 14.1 Å². The fourth-order valence-corrected chi connectivity index (χ4v) is 4.07. The van der Waals surface area contributed by atoms with Gasteiger partial charge in [0.2, 0.25) is 15.9 Å². The number of fused-ring (bicyclic) bond motifs is 1. The Morgan fingerprint density at radius 3 is 2.52 bits per heavy atom. The van der Waals surface area contributed by atoms with E-state index in [0.29, 0.717) is 33.5 Å². The molecule has 0 radical (unpaired) electrons. The molecule has 3 aromatic rings. The van der Waals surface area contributed by atoms with Crippen LogP contribution in [-0.2, 0) is 28.3 Å². The maximum Gasteiger partial charge on any atom is 0.242 e. The van der Waals surface area contributed by atoms with Crippen LogP contribution in [0.1, 0.15) is 12.2 Å². The molecular weight excluding hydrogens is 435 g/mol. The molecule has 1 heterocycles. The zero-order chi connectivity index (χ0) is 21.3. The first-order valence-corrected chi connectivity index (χ1v) is 10.9. The molecule has 0 saturated carbocycles. The second-order valence-corrected chi connectivity index (χ2v) is 9.67. The minimum atomic E-state index is -3.54. The smallest absolute Gasteiger partial charge is 0.242 e. The number of nitrogens with one attached hydrogen (secondary N) is 1. The van der Waals surface area contributed by atoms with Crippen LogP contribution >= 0.6 is 23.2 Å². The van der Waals surface area contributed by atoms with Crippen molar-refractivity contribution in [3.63, 3.8) is 0 Å². The van der Waals surface area contributed by atoms with Crippen molar-refractivity contribution in [2.75, 3.05) is 19.4 Å². The van der Waals surface area contributed by atoms with Crippen molar-refractivity contribution < 1.29 is 13.2 Å². The van der Waals surface area contributed by atoms with Crippen LogP contribution in [0.3, 0.4) is 0 Å². The van der Waals surface area contributed by atoms with Crippen LogP contribution in [-0.4, -0.2) is 42.3 Å². The van der Waals surface area contributed by atoms with Crippen LogP contribution in [0, 0.1) is 0 Å².